The number of rotatable bonds is 2. The first-order chi connectivity index (χ1) is 4.93. The van der Waals surface area contributed by atoms with E-state index >= 15 is 0 Å². The lowest BCUT2D eigenvalue weighted by molar-refractivity contribution is -0.104. The molecule has 0 saturated carbocycles. The Bertz CT molecular complexity index is 163. The number of carbonyl (C=O) groups is 1. The molecule has 0 heterocycles. The summed E-state index contributed by atoms with van der Waals surface area (Å²) >= 11 is 0. The molecule has 1 heteroatoms. The number of carbonyl (C=O) groups excluding carboxylic acids is 1. The fourth-order valence-electron chi connectivity index (χ4n) is 1.18. The molecule has 0 spiro atoms. The zero-order chi connectivity index (χ0) is 7.23. The van der Waals surface area contributed by atoms with E-state index < -0.39 is 0 Å². The summed E-state index contributed by atoms with van der Waals surface area (Å²) in [6.07, 6.45) is 11.4. The van der Waals surface area contributed by atoms with Gasteiger partial charge in [-0.2, -0.15) is 0 Å². The van der Waals surface area contributed by atoms with Crippen molar-refractivity contribution in [2.45, 2.75) is 25.7 Å². The van der Waals surface area contributed by atoms with Crippen molar-refractivity contribution in [3.8, 4) is 0 Å². The summed E-state index contributed by atoms with van der Waals surface area (Å²) in [7, 11) is 0. The summed E-state index contributed by atoms with van der Waals surface area (Å²) in [5, 5.41) is 0. The maximum Gasteiger partial charge on any atom is 0.142 e. The highest BCUT2D eigenvalue weighted by atomic mass is 16.1. The van der Waals surface area contributed by atoms with Gasteiger partial charge in [-0.1, -0.05) is 17.7 Å². The predicted molar refractivity (Wildman–Crippen MR) is 41.8 cm³/mol. The second kappa shape index (κ2) is 4.04. The van der Waals surface area contributed by atoms with Gasteiger partial charge in [-0.25, -0.2) is 0 Å². The Kier molecular flexibility index (Phi) is 2.94. The number of allylic oxidation sites excluding steroid dienone is 4. The molecule has 54 valence electrons. The lowest BCUT2D eigenvalue weighted by Crippen LogP contribution is -1.87. The smallest absolute Gasteiger partial charge is 0.142 e. The normalized spacial score (nSPS) is 19.0. The lowest BCUT2D eigenvalue weighted by atomic mass is 9.99. The third-order valence-corrected chi connectivity index (χ3v) is 1.71. The molecule has 1 aliphatic carbocycles. The van der Waals surface area contributed by atoms with Gasteiger partial charge >= 0.3 is 0 Å². The van der Waals surface area contributed by atoms with Gasteiger partial charge in [-0.3, -0.25) is 4.79 Å². The van der Waals surface area contributed by atoms with Crippen LogP contribution in [0.15, 0.2) is 23.8 Å². The molecular formula is C9H12O. The molecule has 0 atom stereocenters. The van der Waals surface area contributed by atoms with Crippen LogP contribution in [0.25, 0.3) is 0 Å². The summed E-state index contributed by atoms with van der Waals surface area (Å²) in [6.45, 7) is 0. The second-order valence-electron chi connectivity index (χ2n) is 2.52. The zero-order valence-corrected chi connectivity index (χ0v) is 6.05. The van der Waals surface area contributed by atoms with Crippen LogP contribution in [0.3, 0.4) is 0 Å². The van der Waals surface area contributed by atoms with Crippen LogP contribution >= 0.6 is 0 Å². The van der Waals surface area contributed by atoms with E-state index in [0.29, 0.717) is 0 Å². The molecule has 0 unspecified atom stereocenters. The van der Waals surface area contributed by atoms with Crippen LogP contribution in [0.5, 0.6) is 0 Å². The largest absolute Gasteiger partial charge is 0.299 e. The molecule has 0 aliphatic heterocycles. The van der Waals surface area contributed by atoms with E-state index in [0.717, 1.165) is 12.7 Å². The van der Waals surface area contributed by atoms with Crippen LogP contribution in [-0.4, -0.2) is 6.29 Å². The molecular weight excluding hydrogens is 124 g/mol. The Balaban J connectivity index is 2.45. The topological polar surface area (TPSA) is 17.1 Å². The summed E-state index contributed by atoms with van der Waals surface area (Å²) in [4.78, 5) is 9.93. The van der Waals surface area contributed by atoms with Crippen LogP contribution < -0.4 is 0 Å². The van der Waals surface area contributed by atoms with Crippen LogP contribution in [0.4, 0.5) is 0 Å². The van der Waals surface area contributed by atoms with Crippen molar-refractivity contribution < 1.29 is 4.79 Å². The predicted octanol–water partition coefficient (Wildman–Crippen LogP) is 2.24. The third-order valence-electron chi connectivity index (χ3n) is 1.71. The second-order valence-corrected chi connectivity index (χ2v) is 2.52. The van der Waals surface area contributed by atoms with Gasteiger partial charge in [0, 0.05) is 0 Å². The summed E-state index contributed by atoms with van der Waals surface area (Å²) < 4.78 is 0. The molecule has 0 amide bonds. The minimum absolute atomic E-state index is 0.829. The summed E-state index contributed by atoms with van der Waals surface area (Å²) in [6, 6.07) is 0. The Morgan fingerprint density at radius 2 is 2.30 bits per heavy atom. The highest BCUT2D eigenvalue weighted by molar-refractivity contribution is 5.65. The van der Waals surface area contributed by atoms with Crippen LogP contribution in [0.1, 0.15) is 25.7 Å². The van der Waals surface area contributed by atoms with Gasteiger partial charge in [0.15, 0.2) is 0 Å². The van der Waals surface area contributed by atoms with Gasteiger partial charge in [0.25, 0.3) is 0 Å². The molecule has 1 nitrogen and oxygen atoms in total. The molecule has 0 aromatic carbocycles. The van der Waals surface area contributed by atoms with Crippen molar-refractivity contribution in [1.82, 2.24) is 0 Å². The molecule has 0 N–H and O–H groups in total. The number of hydrogen-bond donors (Lipinski definition) is 0. The van der Waals surface area contributed by atoms with Crippen molar-refractivity contribution in [2.75, 3.05) is 0 Å². The Morgan fingerprint density at radius 3 is 2.90 bits per heavy atom. The highest BCUT2D eigenvalue weighted by Gasteiger charge is 1.98. The van der Waals surface area contributed by atoms with E-state index in [2.05, 4.69) is 6.08 Å². The number of aldehydes is 1. The monoisotopic (exact) mass is 136 g/mol. The molecule has 0 bridgehead atoms. The fraction of sp³-hybridized carbons (Fsp3) is 0.444. The Hall–Kier alpha value is -0.850. The Labute approximate surface area is 61.4 Å². The standard InChI is InChI=1S/C9H12O/c10-8-4-7-9-5-2-1-3-6-9/h4-5,7-8H,1-3,6H2. The van der Waals surface area contributed by atoms with Crippen molar-refractivity contribution in [1.29, 1.82) is 0 Å². The average molecular weight is 136 g/mol. The molecule has 0 aromatic rings. The van der Waals surface area contributed by atoms with Crippen molar-refractivity contribution in [3.63, 3.8) is 0 Å². The van der Waals surface area contributed by atoms with Crippen LogP contribution in [0, 0.1) is 0 Å². The molecule has 1 aliphatic rings. The zero-order valence-electron chi connectivity index (χ0n) is 6.05. The molecule has 0 fully saturated rings. The quantitative estimate of drug-likeness (QED) is 0.420. The third kappa shape index (κ3) is 2.18. The lowest BCUT2D eigenvalue weighted by Gasteiger charge is -2.06. The first kappa shape index (κ1) is 7.26. The van der Waals surface area contributed by atoms with Crippen molar-refractivity contribution >= 4 is 6.29 Å². The van der Waals surface area contributed by atoms with E-state index in [1.165, 1.54) is 24.8 Å². The first-order valence-corrected chi connectivity index (χ1v) is 3.74. The minimum atomic E-state index is 0.829. The van der Waals surface area contributed by atoms with E-state index in [1.54, 1.807) is 6.08 Å². The maximum atomic E-state index is 9.93. The van der Waals surface area contributed by atoms with Crippen molar-refractivity contribution in [3.05, 3.63) is 23.8 Å². The van der Waals surface area contributed by atoms with E-state index in [9.17, 15) is 4.79 Å². The van der Waals surface area contributed by atoms with Gasteiger partial charge < -0.3 is 0 Å². The van der Waals surface area contributed by atoms with Gasteiger partial charge in [-0.05, 0) is 31.8 Å². The summed E-state index contributed by atoms with van der Waals surface area (Å²) in [5.74, 6) is 0. The van der Waals surface area contributed by atoms with Gasteiger partial charge in [0.2, 0.25) is 0 Å². The van der Waals surface area contributed by atoms with Crippen LogP contribution in [0.2, 0.25) is 0 Å². The summed E-state index contributed by atoms with van der Waals surface area (Å²) in [5.41, 5.74) is 1.32. The average Bonchev–Trinajstić information content (AvgIpc) is 2.03. The van der Waals surface area contributed by atoms with Crippen molar-refractivity contribution in [2.24, 2.45) is 0 Å². The first-order valence-electron chi connectivity index (χ1n) is 3.74. The SMILES string of the molecule is O=CC=CC1=CCCCC1. The molecule has 1 rings (SSSR count). The maximum absolute atomic E-state index is 9.93. The van der Waals surface area contributed by atoms with E-state index in [1.807, 2.05) is 6.08 Å². The van der Waals surface area contributed by atoms with E-state index in [-0.39, 0.29) is 0 Å². The Morgan fingerprint density at radius 1 is 1.40 bits per heavy atom. The fourth-order valence-corrected chi connectivity index (χ4v) is 1.18. The molecule has 10 heavy (non-hydrogen) atoms. The van der Waals surface area contributed by atoms with Gasteiger partial charge in [0.1, 0.15) is 6.29 Å². The molecule has 0 saturated heterocycles. The van der Waals surface area contributed by atoms with E-state index in [4.69, 9.17) is 0 Å². The molecule has 0 radical (unpaired) electrons. The number of hydrogen-bond acceptors (Lipinski definition) is 1. The molecule has 0 aromatic heterocycles. The van der Waals surface area contributed by atoms with Gasteiger partial charge in [-0.15, -0.1) is 0 Å². The van der Waals surface area contributed by atoms with Crippen LogP contribution in [-0.2, 0) is 4.79 Å². The highest BCUT2D eigenvalue weighted by Crippen LogP contribution is 2.17. The van der Waals surface area contributed by atoms with Gasteiger partial charge in [0.05, 0.1) is 0 Å². The minimum Gasteiger partial charge on any atom is -0.299 e.